The van der Waals surface area contributed by atoms with Crippen molar-refractivity contribution >= 4 is 11.9 Å². The molecule has 0 saturated carbocycles. The molecule has 30 valence electrons. The molecule has 1 aliphatic rings. The van der Waals surface area contributed by atoms with Crippen LogP contribution in [-0.2, 0) is 4.94 Å². The minimum atomic E-state index is 0.833. The summed E-state index contributed by atoms with van der Waals surface area (Å²) in [5.41, 5.74) is 2.57. The Morgan fingerprint density at radius 2 is 2.80 bits per heavy atom. The smallest absolute Gasteiger partial charge is 0.0852 e. The monoisotopic (exact) mass is 92.0 g/mol. The molecular weight excluding hydrogens is 88.1 g/mol. The molecule has 0 radical (unpaired) electrons. The van der Waals surface area contributed by atoms with Gasteiger partial charge in [0.25, 0.3) is 0 Å². The van der Waals surface area contributed by atoms with E-state index in [1.807, 2.05) is 0 Å². The molecule has 0 spiro atoms. The maximum atomic E-state index is 4.41. The van der Waals surface area contributed by atoms with E-state index in [0.29, 0.717) is 0 Å². The Hall–Kier alpha value is 0.230. The second-order valence-corrected chi connectivity index (χ2v) is 1.36. The normalized spacial score (nSPS) is 24.0. The molecule has 0 atom stereocenters. The Labute approximate surface area is 34.1 Å². The molecule has 0 aromatic carbocycles. The van der Waals surface area contributed by atoms with E-state index in [4.69, 9.17) is 0 Å². The van der Waals surface area contributed by atoms with Crippen LogP contribution in [0.15, 0.2) is 0 Å². The van der Waals surface area contributed by atoms with Gasteiger partial charge < -0.3 is 0 Å². The molecule has 1 rings (SSSR count). The van der Waals surface area contributed by atoms with Gasteiger partial charge in [-0.3, -0.25) is 0 Å². The second-order valence-electron chi connectivity index (χ2n) is 0.618. The van der Waals surface area contributed by atoms with Gasteiger partial charge in [-0.1, -0.05) is 0 Å². The van der Waals surface area contributed by atoms with Gasteiger partial charge in [-0.2, -0.15) is 5.48 Å². The minimum absolute atomic E-state index is 0.833. The van der Waals surface area contributed by atoms with E-state index >= 15 is 0 Å². The first-order valence-electron chi connectivity index (χ1n) is 1.25. The molecule has 2 N–H and O–H groups in total. The molecule has 1 aliphatic heterocycles. The third-order valence-corrected chi connectivity index (χ3v) is 0.767. The van der Waals surface area contributed by atoms with Gasteiger partial charge in [-0.25, -0.2) is 4.94 Å². The summed E-state index contributed by atoms with van der Waals surface area (Å²) in [6.45, 7) is 0. The fourth-order valence-electron chi connectivity index (χ4n) is 0.147. The average molecular weight is 92.1 g/mol. The standard InChI is InChI=1S/CH4N2OS/c1-2-4-3-5-1/h2-3H,1H2. The zero-order valence-electron chi connectivity index (χ0n) is 2.52. The van der Waals surface area contributed by atoms with Crippen LogP contribution in [0.1, 0.15) is 0 Å². The van der Waals surface area contributed by atoms with E-state index in [0.717, 1.165) is 5.88 Å². The Morgan fingerprint density at radius 1 is 1.80 bits per heavy atom. The second kappa shape index (κ2) is 1.61. The van der Waals surface area contributed by atoms with Crippen LogP contribution in [0.5, 0.6) is 0 Å². The zero-order chi connectivity index (χ0) is 3.54. The quantitative estimate of drug-likeness (QED) is 0.399. The van der Waals surface area contributed by atoms with Crippen molar-refractivity contribution in [3.63, 3.8) is 0 Å². The first kappa shape index (κ1) is 3.42. The van der Waals surface area contributed by atoms with Crippen molar-refractivity contribution < 1.29 is 4.94 Å². The molecule has 0 aromatic rings. The van der Waals surface area contributed by atoms with E-state index in [2.05, 4.69) is 15.3 Å². The molecule has 0 aromatic heterocycles. The van der Waals surface area contributed by atoms with E-state index < -0.39 is 0 Å². The fourth-order valence-corrected chi connectivity index (χ4v) is 0.442. The molecule has 0 bridgehead atoms. The Kier molecular flexibility index (Phi) is 1.10. The Bertz CT molecular complexity index is 21.2. The van der Waals surface area contributed by atoms with Gasteiger partial charge >= 0.3 is 0 Å². The zero-order valence-corrected chi connectivity index (χ0v) is 3.34. The van der Waals surface area contributed by atoms with Gasteiger partial charge in [0, 0.05) is 0 Å². The maximum absolute atomic E-state index is 4.41. The van der Waals surface area contributed by atoms with Crippen molar-refractivity contribution in [1.29, 1.82) is 0 Å². The summed E-state index contributed by atoms with van der Waals surface area (Å²) < 4.78 is 0. The van der Waals surface area contributed by atoms with Gasteiger partial charge in [0.2, 0.25) is 0 Å². The Balaban J connectivity index is 2.08. The highest BCUT2D eigenvalue weighted by Crippen LogP contribution is 1.92. The number of hydrogen-bond acceptors (Lipinski definition) is 4. The molecule has 4 heteroatoms. The van der Waals surface area contributed by atoms with Crippen LogP contribution in [0.25, 0.3) is 0 Å². The van der Waals surface area contributed by atoms with Crippen molar-refractivity contribution in [2.75, 3.05) is 5.88 Å². The molecule has 5 heavy (non-hydrogen) atoms. The van der Waals surface area contributed by atoms with Gasteiger partial charge in [-0.15, -0.1) is 4.89 Å². The fraction of sp³-hybridized carbons (Fsp3) is 1.00. The highest BCUT2D eigenvalue weighted by Gasteiger charge is 1.92. The number of nitrogens with one attached hydrogen (secondary N) is 2. The summed E-state index contributed by atoms with van der Waals surface area (Å²) in [6, 6.07) is 0. The lowest BCUT2D eigenvalue weighted by Gasteiger charge is -1.78. The maximum Gasteiger partial charge on any atom is 0.0852 e. The first-order chi connectivity index (χ1) is 2.50. The van der Waals surface area contributed by atoms with Crippen molar-refractivity contribution in [2.24, 2.45) is 0 Å². The van der Waals surface area contributed by atoms with Crippen molar-refractivity contribution in [2.45, 2.75) is 0 Å². The van der Waals surface area contributed by atoms with E-state index in [9.17, 15) is 0 Å². The third-order valence-electron chi connectivity index (χ3n) is 0.304. The Morgan fingerprint density at radius 3 is 3.00 bits per heavy atom. The molecule has 0 amide bonds. The lowest BCUT2D eigenvalue weighted by atomic mass is 11.5. The number of rotatable bonds is 0. The topological polar surface area (TPSA) is 33.3 Å². The predicted molar refractivity (Wildman–Crippen MR) is 19.8 cm³/mol. The third kappa shape index (κ3) is 0.769. The largest absolute Gasteiger partial charge is 0.202 e. The van der Waals surface area contributed by atoms with Gasteiger partial charge in [-0.05, 0) is 11.9 Å². The van der Waals surface area contributed by atoms with E-state index in [-0.39, 0.29) is 0 Å². The number of hydroxylamine groups is 1. The lowest BCUT2D eigenvalue weighted by molar-refractivity contribution is 0.0400. The summed E-state index contributed by atoms with van der Waals surface area (Å²) >= 11 is 1.49. The summed E-state index contributed by atoms with van der Waals surface area (Å²) in [7, 11) is 0. The summed E-state index contributed by atoms with van der Waals surface area (Å²) in [6.07, 6.45) is 0. The summed E-state index contributed by atoms with van der Waals surface area (Å²) in [5.74, 6) is 0.833. The SMILES string of the molecule is C1NONS1. The van der Waals surface area contributed by atoms with Crippen LogP contribution in [0.2, 0.25) is 0 Å². The molecule has 1 heterocycles. The van der Waals surface area contributed by atoms with E-state index in [1.54, 1.807) is 0 Å². The molecule has 3 nitrogen and oxygen atoms in total. The van der Waals surface area contributed by atoms with E-state index in [1.165, 1.54) is 11.9 Å². The predicted octanol–water partition coefficient (Wildman–Crippen LogP) is -0.368. The summed E-state index contributed by atoms with van der Waals surface area (Å²) in [5, 5.41) is 0. The van der Waals surface area contributed by atoms with Crippen molar-refractivity contribution in [3.05, 3.63) is 0 Å². The summed E-state index contributed by atoms with van der Waals surface area (Å²) in [4.78, 5) is 6.94. The van der Waals surface area contributed by atoms with Crippen LogP contribution < -0.4 is 10.4 Å². The molecule has 0 unspecified atom stereocenters. The van der Waals surface area contributed by atoms with Gasteiger partial charge in [0.1, 0.15) is 0 Å². The van der Waals surface area contributed by atoms with Crippen LogP contribution in [0.3, 0.4) is 0 Å². The lowest BCUT2D eigenvalue weighted by Crippen LogP contribution is -2.06. The molecule has 0 aliphatic carbocycles. The minimum Gasteiger partial charge on any atom is -0.202 e. The highest BCUT2D eigenvalue weighted by molar-refractivity contribution is 7.97. The van der Waals surface area contributed by atoms with Gasteiger partial charge in [0.05, 0.1) is 5.88 Å². The molecular formula is CH4N2OS. The number of hydrogen-bond donors (Lipinski definition) is 2. The average Bonchev–Trinajstić information content (AvgIpc) is 1.76. The first-order valence-corrected chi connectivity index (χ1v) is 2.24. The van der Waals surface area contributed by atoms with Crippen LogP contribution in [0, 0.1) is 0 Å². The molecule has 1 saturated heterocycles. The van der Waals surface area contributed by atoms with Gasteiger partial charge in [0.15, 0.2) is 0 Å². The van der Waals surface area contributed by atoms with Crippen LogP contribution >= 0.6 is 11.9 Å². The van der Waals surface area contributed by atoms with Crippen molar-refractivity contribution in [1.82, 2.24) is 10.4 Å². The van der Waals surface area contributed by atoms with Crippen molar-refractivity contribution in [3.8, 4) is 0 Å². The highest BCUT2D eigenvalue weighted by atomic mass is 32.2. The van der Waals surface area contributed by atoms with Crippen LogP contribution in [-0.4, -0.2) is 5.88 Å². The molecule has 1 fully saturated rings. The van der Waals surface area contributed by atoms with Crippen LogP contribution in [0.4, 0.5) is 0 Å².